The van der Waals surface area contributed by atoms with E-state index in [0.29, 0.717) is 6.04 Å². The summed E-state index contributed by atoms with van der Waals surface area (Å²) < 4.78 is 0. The molecular formula is C13H16N2. The van der Waals surface area contributed by atoms with Gasteiger partial charge in [-0.05, 0) is 31.2 Å². The first-order valence-corrected chi connectivity index (χ1v) is 5.40. The molecule has 78 valence electrons. The van der Waals surface area contributed by atoms with Crippen LogP contribution in [0.1, 0.15) is 25.5 Å². The number of fused-ring (bicyclic) bond motifs is 1. The minimum Gasteiger partial charge on any atom is -0.310 e. The van der Waals surface area contributed by atoms with Gasteiger partial charge in [0, 0.05) is 17.6 Å². The Bertz CT molecular complexity index is 446. The number of aromatic nitrogens is 1. The lowest BCUT2D eigenvalue weighted by Gasteiger charge is -2.14. The molecule has 0 aliphatic carbocycles. The molecule has 1 atom stereocenters. The lowest BCUT2D eigenvalue weighted by Crippen LogP contribution is -2.17. The standard InChI is InChI=1S/C13H16N2/c1-3-14-10(2)11-8-9-15-13-7-5-4-6-12(11)13/h4-10,14H,3H2,1-2H3. The highest BCUT2D eigenvalue weighted by Gasteiger charge is 2.07. The summed E-state index contributed by atoms with van der Waals surface area (Å²) in [5, 5.41) is 4.67. The van der Waals surface area contributed by atoms with E-state index in [0.717, 1.165) is 12.1 Å². The molecule has 0 radical (unpaired) electrons. The van der Waals surface area contributed by atoms with Crippen LogP contribution in [0.4, 0.5) is 0 Å². The van der Waals surface area contributed by atoms with Gasteiger partial charge >= 0.3 is 0 Å². The molecule has 0 saturated heterocycles. The summed E-state index contributed by atoms with van der Waals surface area (Å²) in [4.78, 5) is 4.36. The average molecular weight is 200 g/mol. The van der Waals surface area contributed by atoms with Crippen LogP contribution < -0.4 is 5.32 Å². The van der Waals surface area contributed by atoms with Gasteiger partial charge in [-0.25, -0.2) is 0 Å². The largest absolute Gasteiger partial charge is 0.310 e. The Hall–Kier alpha value is -1.41. The van der Waals surface area contributed by atoms with Crippen LogP contribution in [0, 0.1) is 0 Å². The van der Waals surface area contributed by atoms with E-state index in [4.69, 9.17) is 0 Å². The molecule has 2 heteroatoms. The van der Waals surface area contributed by atoms with Gasteiger partial charge in [0.1, 0.15) is 0 Å². The molecule has 2 nitrogen and oxygen atoms in total. The van der Waals surface area contributed by atoms with Crippen LogP contribution in [0.5, 0.6) is 0 Å². The van der Waals surface area contributed by atoms with Crippen LogP contribution >= 0.6 is 0 Å². The number of para-hydroxylation sites is 1. The Morgan fingerprint density at radius 1 is 1.27 bits per heavy atom. The quantitative estimate of drug-likeness (QED) is 0.824. The molecule has 15 heavy (non-hydrogen) atoms. The number of pyridine rings is 1. The van der Waals surface area contributed by atoms with Crippen molar-refractivity contribution in [3.63, 3.8) is 0 Å². The van der Waals surface area contributed by atoms with Crippen molar-refractivity contribution in [2.45, 2.75) is 19.9 Å². The van der Waals surface area contributed by atoms with Crippen molar-refractivity contribution in [3.05, 3.63) is 42.1 Å². The SMILES string of the molecule is CCNC(C)c1ccnc2ccccc12. The third-order valence-electron chi connectivity index (χ3n) is 2.66. The van der Waals surface area contributed by atoms with Crippen molar-refractivity contribution >= 4 is 10.9 Å². The topological polar surface area (TPSA) is 24.9 Å². The molecule has 0 bridgehead atoms. The summed E-state index contributed by atoms with van der Waals surface area (Å²) in [6, 6.07) is 10.7. The number of nitrogens with one attached hydrogen (secondary N) is 1. The lowest BCUT2D eigenvalue weighted by molar-refractivity contribution is 0.601. The Morgan fingerprint density at radius 2 is 2.07 bits per heavy atom. The van der Waals surface area contributed by atoms with Gasteiger partial charge in [-0.1, -0.05) is 25.1 Å². The maximum Gasteiger partial charge on any atom is 0.0705 e. The number of nitrogens with zero attached hydrogens (tertiary/aromatic N) is 1. The van der Waals surface area contributed by atoms with Crippen LogP contribution in [0.2, 0.25) is 0 Å². The van der Waals surface area contributed by atoms with E-state index in [9.17, 15) is 0 Å². The lowest BCUT2D eigenvalue weighted by atomic mass is 10.0. The summed E-state index contributed by atoms with van der Waals surface area (Å²) in [5.74, 6) is 0. The summed E-state index contributed by atoms with van der Waals surface area (Å²) in [7, 11) is 0. The zero-order valence-electron chi connectivity index (χ0n) is 9.20. The van der Waals surface area contributed by atoms with Crippen molar-refractivity contribution < 1.29 is 0 Å². The predicted molar refractivity (Wildman–Crippen MR) is 63.8 cm³/mol. The summed E-state index contributed by atoms with van der Waals surface area (Å²) >= 11 is 0. The van der Waals surface area contributed by atoms with Crippen LogP contribution in [0.15, 0.2) is 36.5 Å². The fourth-order valence-corrected chi connectivity index (χ4v) is 1.91. The third kappa shape index (κ3) is 2.00. The van der Waals surface area contributed by atoms with Crippen molar-refractivity contribution in [1.82, 2.24) is 10.3 Å². The number of rotatable bonds is 3. The minimum absolute atomic E-state index is 0.378. The van der Waals surface area contributed by atoms with Crippen molar-refractivity contribution in [2.75, 3.05) is 6.54 Å². The molecule has 2 aromatic rings. The molecule has 0 saturated carbocycles. The van der Waals surface area contributed by atoms with Crippen molar-refractivity contribution in [1.29, 1.82) is 0 Å². The van der Waals surface area contributed by atoms with Crippen LogP contribution in [-0.4, -0.2) is 11.5 Å². The maximum atomic E-state index is 4.36. The number of benzene rings is 1. The summed E-state index contributed by atoms with van der Waals surface area (Å²) in [5.41, 5.74) is 2.39. The molecule has 1 heterocycles. The van der Waals surface area contributed by atoms with Crippen molar-refractivity contribution in [2.24, 2.45) is 0 Å². The second kappa shape index (κ2) is 4.41. The van der Waals surface area contributed by atoms with Gasteiger partial charge in [0.2, 0.25) is 0 Å². The molecule has 2 rings (SSSR count). The highest BCUT2D eigenvalue weighted by atomic mass is 14.9. The van der Waals surface area contributed by atoms with Crippen LogP contribution in [-0.2, 0) is 0 Å². The third-order valence-corrected chi connectivity index (χ3v) is 2.66. The smallest absolute Gasteiger partial charge is 0.0705 e. The molecule has 1 unspecified atom stereocenters. The average Bonchev–Trinajstić information content (AvgIpc) is 2.28. The van der Waals surface area contributed by atoms with Crippen LogP contribution in [0.25, 0.3) is 10.9 Å². The van der Waals surface area contributed by atoms with Gasteiger partial charge < -0.3 is 5.32 Å². The van der Waals surface area contributed by atoms with Gasteiger partial charge in [-0.2, -0.15) is 0 Å². The molecule has 0 spiro atoms. The van der Waals surface area contributed by atoms with Gasteiger partial charge in [0.05, 0.1) is 5.52 Å². The van der Waals surface area contributed by atoms with Gasteiger partial charge in [0.25, 0.3) is 0 Å². The highest BCUT2D eigenvalue weighted by Crippen LogP contribution is 2.21. The van der Waals surface area contributed by atoms with Gasteiger partial charge in [-0.3, -0.25) is 4.98 Å². The predicted octanol–water partition coefficient (Wildman–Crippen LogP) is 2.91. The van der Waals surface area contributed by atoms with E-state index < -0.39 is 0 Å². The molecule has 0 aliphatic rings. The Balaban J connectivity index is 2.50. The van der Waals surface area contributed by atoms with Crippen molar-refractivity contribution in [3.8, 4) is 0 Å². The zero-order chi connectivity index (χ0) is 10.7. The van der Waals surface area contributed by atoms with E-state index in [2.05, 4.69) is 48.4 Å². The first-order chi connectivity index (χ1) is 7.33. The number of hydrogen-bond donors (Lipinski definition) is 1. The molecule has 0 fully saturated rings. The maximum absolute atomic E-state index is 4.36. The first kappa shape index (κ1) is 10.1. The Morgan fingerprint density at radius 3 is 2.87 bits per heavy atom. The van der Waals surface area contributed by atoms with Gasteiger partial charge in [0.15, 0.2) is 0 Å². The highest BCUT2D eigenvalue weighted by molar-refractivity contribution is 5.82. The van der Waals surface area contributed by atoms with Crippen LogP contribution in [0.3, 0.4) is 0 Å². The molecule has 0 amide bonds. The first-order valence-electron chi connectivity index (χ1n) is 5.40. The summed E-state index contributed by atoms with van der Waals surface area (Å²) in [6.45, 7) is 5.29. The second-order valence-electron chi connectivity index (χ2n) is 3.70. The fourth-order valence-electron chi connectivity index (χ4n) is 1.91. The zero-order valence-corrected chi connectivity index (χ0v) is 9.20. The Labute approximate surface area is 90.3 Å². The van der Waals surface area contributed by atoms with E-state index in [1.165, 1.54) is 10.9 Å². The molecule has 1 aromatic carbocycles. The normalized spacial score (nSPS) is 12.9. The van der Waals surface area contributed by atoms with E-state index in [-0.39, 0.29) is 0 Å². The number of hydrogen-bond acceptors (Lipinski definition) is 2. The second-order valence-corrected chi connectivity index (χ2v) is 3.70. The van der Waals surface area contributed by atoms with E-state index in [1.807, 2.05) is 12.3 Å². The van der Waals surface area contributed by atoms with Gasteiger partial charge in [-0.15, -0.1) is 0 Å². The fraction of sp³-hybridized carbons (Fsp3) is 0.308. The molecule has 1 N–H and O–H groups in total. The summed E-state index contributed by atoms with van der Waals surface area (Å²) in [6.07, 6.45) is 1.88. The monoisotopic (exact) mass is 200 g/mol. The molecule has 0 aliphatic heterocycles. The molecule has 1 aromatic heterocycles. The van der Waals surface area contributed by atoms with E-state index in [1.54, 1.807) is 0 Å². The minimum atomic E-state index is 0.378. The Kier molecular flexibility index (Phi) is 2.97. The van der Waals surface area contributed by atoms with E-state index >= 15 is 0 Å². The molecular weight excluding hydrogens is 184 g/mol.